The molecule has 0 spiro atoms. The van der Waals surface area contributed by atoms with Gasteiger partial charge >= 0.3 is 0 Å². The van der Waals surface area contributed by atoms with E-state index < -0.39 is 0 Å². The average Bonchev–Trinajstić information content (AvgIpc) is 2.73. The molecule has 0 amide bonds. The molecule has 18 heavy (non-hydrogen) atoms. The van der Waals surface area contributed by atoms with Crippen LogP contribution in [0.3, 0.4) is 0 Å². The summed E-state index contributed by atoms with van der Waals surface area (Å²) in [5.41, 5.74) is 1.37. The minimum atomic E-state index is 0.620. The third-order valence-electron chi connectivity index (χ3n) is 2.84. The Morgan fingerprint density at radius 3 is 2.83 bits per heavy atom. The highest BCUT2D eigenvalue weighted by Crippen LogP contribution is 2.30. The summed E-state index contributed by atoms with van der Waals surface area (Å²) in [6.45, 7) is 7.18. The zero-order chi connectivity index (χ0) is 13.4. The number of rotatable bonds is 9. The predicted octanol–water partition coefficient (Wildman–Crippen LogP) is 3.72. The molecule has 0 aliphatic rings. The van der Waals surface area contributed by atoms with E-state index in [0.717, 1.165) is 18.8 Å². The Kier molecular flexibility index (Phi) is 6.80. The van der Waals surface area contributed by atoms with Crippen molar-refractivity contribution in [3.8, 4) is 5.88 Å². The molecule has 1 aromatic heterocycles. The van der Waals surface area contributed by atoms with Crippen molar-refractivity contribution in [2.24, 2.45) is 0 Å². The van der Waals surface area contributed by atoms with Crippen LogP contribution in [0.5, 0.6) is 5.88 Å². The van der Waals surface area contributed by atoms with E-state index in [1.807, 2.05) is 0 Å². The molecule has 0 saturated carbocycles. The molecule has 0 aliphatic carbocycles. The topological polar surface area (TPSA) is 23.4 Å². The Bertz CT molecular complexity index is 374. The van der Waals surface area contributed by atoms with Crippen LogP contribution in [-0.2, 0) is 17.7 Å². The van der Waals surface area contributed by atoms with Crippen LogP contribution in [0.4, 0.5) is 0 Å². The van der Waals surface area contributed by atoms with Gasteiger partial charge in [-0.2, -0.15) is 0 Å². The van der Waals surface area contributed by atoms with Gasteiger partial charge < -0.3 is 14.0 Å². The highest BCUT2D eigenvalue weighted by Gasteiger charge is 2.14. The first-order valence-corrected chi connectivity index (χ1v) is 7.53. The van der Waals surface area contributed by atoms with Gasteiger partial charge in [-0.1, -0.05) is 19.9 Å². The summed E-state index contributed by atoms with van der Waals surface area (Å²) in [6, 6.07) is 2.15. The maximum absolute atomic E-state index is 5.45. The van der Waals surface area contributed by atoms with E-state index >= 15 is 0 Å². The number of hydrogen-bond donors (Lipinski definition) is 0. The summed E-state index contributed by atoms with van der Waals surface area (Å²) in [7, 11) is 1.72. The van der Waals surface area contributed by atoms with Crippen molar-refractivity contribution in [2.45, 2.75) is 37.8 Å². The lowest BCUT2D eigenvalue weighted by Gasteiger charge is -2.11. The second-order valence-electron chi connectivity index (χ2n) is 4.01. The van der Waals surface area contributed by atoms with E-state index in [2.05, 4.69) is 30.4 Å². The van der Waals surface area contributed by atoms with Crippen molar-refractivity contribution in [2.75, 3.05) is 20.0 Å². The molecule has 0 atom stereocenters. The summed E-state index contributed by atoms with van der Waals surface area (Å²) in [6.07, 6.45) is 7.12. The number of thioether (sulfide) groups is 1. The number of aromatic nitrogens is 1. The lowest BCUT2D eigenvalue weighted by molar-refractivity contribution is 0.226. The highest BCUT2D eigenvalue weighted by molar-refractivity contribution is 7.98. The van der Waals surface area contributed by atoms with Gasteiger partial charge in [0.05, 0.1) is 24.9 Å². The minimum absolute atomic E-state index is 0.620. The molecule has 0 aromatic carbocycles. The molecule has 1 heterocycles. The van der Waals surface area contributed by atoms with Gasteiger partial charge in [0.1, 0.15) is 6.61 Å². The normalized spacial score (nSPS) is 10.4. The largest absolute Gasteiger partial charge is 0.500 e. The van der Waals surface area contributed by atoms with Crippen LogP contribution in [0.25, 0.3) is 0 Å². The molecule has 1 rings (SSSR count). The molecular weight excluding hydrogens is 246 g/mol. The summed E-state index contributed by atoms with van der Waals surface area (Å²) in [5.74, 6) is 0.915. The van der Waals surface area contributed by atoms with Gasteiger partial charge in [0.25, 0.3) is 0 Å². The van der Waals surface area contributed by atoms with Gasteiger partial charge in [-0.05, 0) is 24.7 Å². The Labute approximate surface area is 114 Å². The van der Waals surface area contributed by atoms with Crippen LogP contribution in [0.1, 0.15) is 25.3 Å². The lowest BCUT2D eigenvalue weighted by atomic mass is 10.1. The summed E-state index contributed by atoms with van der Waals surface area (Å²) in [4.78, 5) is 0. The third-order valence-corrected chi connectivity index (χ3v) is 3.71. The molecule has 0 unspecified atom stereocenters. The zero-order valence-electron chi connectivity index (χ0n) is 11.6. The van der Waals surface area contributed by atoms with E-state index in [4.69, 9.17) is 9.47 Å². The Morgan fingerprint density at radius 1 is 1.50 bits per heavy atom. The van der Waals surface area contributed by atoms with Gasteiger partial charge in [0.15, 0.2) is 5.88 Å². The van der Waals surface area contributed by atoms with Crippen LogP contribution in [-0.4, -0.2) is 24.5 Å². The molecular formula is C14H23NO2S. The number of unbranched alkanes of at least 4 members (excludes halogenated alkanes) is 1. The van der Waals surface area contributed by atoms with Crippen LogP contribution in [0, 0.1) is 0 Å². The van der Waals surface area contributed by atoms with Crippen molar-refractivity contribution in [1.82, 2.24) is 4.57 Å². The molecule has 102 valence electrons. The van der Waals surface area contributed by atoms with Crippen LogP contribution in [0.15, 0.2) is 23.9 Å². The van der Waals surface area contributed by atoms with Crippen molar-refractivity contribution in [3.05, 3.63) is 24.5 Å². The van der Waals surface area contributed by atoms with Crippen LogP contribution < -0.4 is 4.74 Å². The number of hydrogen-bond acceptors (Lipinski definition) is 3. The summed E-state index contributed by atoms with van der Waals surface area (Å²) in [5, 5.41) is 1.29. The Balaban J connectivity index is 2.89. The maximum atomic E-state index is 5.45. The molecule has 3 nitrogen and oxygen atoms in total. The maximum Gasteiger partial charge on any atom is 0.194 e. The number of methoxy groups -OCH3 is 1. The van der Waals surface area contributed by atoms with E-state index in [-0.39, 0.29) is 0 Å². The molecule has 1 aromatic rings. The summed E-state index contributed by atoms with van der Waals surface area (Å²) >= 11 is 1.77. The van der Waals surface area contributed by atoms with Crippen molar-refractivity contribution in [3.63, 3.8) is 0 Å². The number of aryl methyl sites for hydroxylation is 1. The minimum Gasteiger partial charge on any atom is -0.500 e. The molecule has 0 fully saturated rings. The molecule has 0 saturated heterocycles. The van der Waals surface area contributed by atoms with E-state index in [0.29, 0.717) is 6.61 Å². The average molecular weight is 269 g/mol. The van der Waals surface area contributed by atoms with Crippen molar-refractivity contribution < 1.29 is 9.47 Å². The molecule has 0 radical (unpaired) electrons. The second kappa shape index (κ2) is 8.14. The van der Waals surface area contributed by atoms with Gasteiger partial charge in [-0.15, -0.1) is 11.8 Å². The highest BCUT2D eigenvalue weighted by atomic mass is 32.2. The van der Waals surface area contributed by atoms with E-state index in [1.165, 1.54) is 29.7 Å². The first-order chi connectivity index (χ1) is 8.78. The van der Waals surface area contributed by atoms with Crippen LogP contribution in [0.2, 0.25) is 0 Å². The molecule has 4 heteroatoms. The summed E-state index contributed by atoms with van der Waals surface area (Å²) < 4.78 is 12.8. The zero-order valence-corrected chi connectivity index (χ0v) is 12.4. The lowest BCUT2D eigenvalue weighted by Crippen LogP contribution is -2.07. The SMILES string of the molecule is C=COCCn1c(OC)cc(CCCC)c1SC. The van der Waals surface area contributed by atoms with Gasteiger partial charge in [-0.25, -0.2) is 0 Å². The molecule has 0 bridgehead atoms. The molecule has 0 aliphatic heterocycles. The fraction of sp³-hybridized carbons (Fsp3) is 0.571. The fourth-order valence-electron chi connectivity index (χ4n) is 1.96. The van der Waals surface area contributed by atoms with Gasteiger partial charge in [-0.3, -0.25) is 0 Å². The second-order valence-corrected chi connectivity index (χ2v) is 4.81. The fourth-order valence-corrected chi connectivity index (χ4v) is 2.78. The Hall–Kier alpha value is -1.03. The van der Waals surface area contributed by atoms with Crippen LogP contribution >= 0.6 is 11.8 Å². The van der Waals surface area contributed by atoms with E-state index in [9.17, 15) is 0 Å². The predicted molar refractivity (Wildman–Crippen MR) is 77.5 cm³/mol. The number of ether oxygens (including phenoxy) is 2. The van der Waals surface area contributed by atoms with Crippen molar-refractivity contribution in [1.29, 1.82) is 0 Å². The molecule has 0 N–H and O–H groups in total. The van der Waals surface area contributed by atoms with E-state index in [1.54, 1.807) is 18.9 Å². The standard InChI is InChI=1S/C14H23NO2S/c1-5-7-8-12-11-13(16-3)15(14(12)18-4)9-10-17-6-2/h6,11H,2,5,7-10H2,1,3-4H3. The first kappa shape index (κ1) is 15.0. The Morgan fingerprint density at radius 2 is 2.28 bits per heavy atom. The first-order valence-electron chi connectivity index (χ1n) is 6.31. The van der Waals surface area contributed by atoms with Gasteiger partial charge in [0, 0.05) is 6.07 Å². The monoisotopic (exact) mass is 269 g/mol. The number of nitrogens with zero attached hydrogens (tertiary/aromatic N) is 1. The smallest absolute Gasteiger partial charge is 0.194 e. The quantitative estimate of drug-likeness (QED) is 0.388. The van der Waals surface area contributed by atoms with Crippen molar-refractivity contribution >= 4 is 11.8 Å². The third kappa shape index (κ3) is 3.73. The van der Waals surface area contributed by atoms with Gasteiger partial charge in [0.2, 0.25) is 0 Å².